The molecule has 1 spiro atoms. The summed E-state index contributed by atoms with van der Waals surface area (Å²) >= 11 is 0. The standard InChI is InChI=1S/C25H30N2O5S/c28-24(19-8-10-20(11-9-19)33(29,30)27-14-16-31-17-15-27)26-22-18-25(12-4-1-5-13-25)32-23-7-3-2-6-21(22)23/h2-3,6-11,22H,1,4-5,12-18H2,(H,26,28)/t22-/m0/s1. The Morgan fingerprint density at radius 3 is 2.39 bits per heavy atom. The average Bonchev–Trinajstić information content (AvgIpc) is 2.85. The molecule has 176 valence electrons. The van der Waals surface area contributed by atoms with Gasteiger partial charge in [-0.05, 0) is 56.0 Å². The van der Waals surface area contributed by atoms with Crippen LogP contribution in [0, 0.1) is 0 Å². The first-order valence-corrected chi connectivity index (χ1v) is 13.2. The molecule has 0 radical (unpaired) electrons. The summed E-state index contributed by atoms with van der Waals surface area (Å²) in [5.41, 5.74) is 1.21. The van der Waals surface area contributed by atoms with Gasteiger partial charge in [-0.3, -0.25) is 4.79 Å². The van der Waals surface area contributed by atoms with Crippen LogP contribution in [0.2, 0.25) is 0 Å². The summed E-state index contributed by atoms with van der Waals surface area (Å²) in [4.78, 5) is 13.3. The van der Waals surface area contributed by atoms with Crippen molar-refractivity contribution in [2.24, 2.45) is 0 Å². The average molecular weight is 471 g/mol. The molecule has 1 saturated carbocycles. The van der Waals surface area contributed by atoms with E-state index in [1.165, 1.54) is 22.9 Å². The molecule has 5 rings (SSSR count). The number of sulfonamides is 1. The number of carbonyl (C=O) groups is 1. The molecule has 2 aromatic carbocycles. The first-order valence-electron chi connectivity index (χ1n) is 11.7. The van der Waals surface area contributed by atoms with Gasteiger partial charge in [0.15, 0.2) is 0 Å². The van der Waals surface area contributed by atoms with Crippen molar-refractivity contribution in [3.63, 3.8) is 0 Å². The SMILES string of the molecule is O=C(N[C@H]1CC2(CCCCC2)Oc2ccccc21)c1ccc(S(=O)(=O)N2CCOCC2)cc1. The minimum Gasteiger partial charge on any atom is -0.487 e. The van der Waals surface area contributed by atoms with Gasteiger partial charge in [-0.1, -0.05) is 24.6 Å². The zero-order chi connectivity index (χ0) is 22.9. The molecule has 0 aromatic heterocycles. The van der Waals surface area contributed by atoms with Gasteiger partial charge in [-0.2, -0.15) is 4.31 Å². The highest BCUT2D eigenvalue weighted by Gasteiger charge is 2.42. The molecule has 1 atom stereocenters. The summed E-state index contributed by atoms with van der Waals surface area (Å²) in [6.07, 6.45) is 6.26. The van der Waals surface area contributed by atoms with Gasteiger partial charge in [0, 0.05) is 30.6 Å². The van der Waals surface area contributed by atoms with Crippen LogP contribution in [0.1, 0.15) is 60.5 Å². The topological polar surface area (TPSA) is 84.9 Å². The Balaban J connectivity index is 1.33. The second kappa shape index (κ2) is 9.08. The summed E-state index contributed by atoms with van der Waals surface area (Å²) < 4.78 is 38.8. The molecule has 1 saturated heterocycles. The van der Waals surface area contributed by atoms with E-state index in [-0.39, 0.29) is 22.4 Å². The minimum atomic E-state index is -3.59. The van der Waals surface area contributed by atoms with E-state index >= 15 is 0 Å². The zero-order valence-electron chi connectivity index (χ0n) is 18.7. The smallest absolute Gasteiger partial charge is 0.251 e. The first-order chi connectivity index (χ1) is 16.0. The molecular formula is C25H30N2O5S. The molecule has 1 aliphatic carbocycles. The van der Waals surface area contributed by atoms with Crippen LogP contribution >= 0.6 is 0 Å². The molecule has 2 fully saturated rings. The van der Waals surface area contributed by atoms with E-state index in [2.05, 4.69) is 5.32 Å². The van der Waals surface area contributed by atoms with Gasteiger partial charge in [0.25, 0.3) is 5.91 Å². The van der Waals surface area contributed by atoms with Gasteiger partial charge in [-0.15, -0.1) is 0 Å². The number of ether oxygens (including phenoxy) is 2. The summed E-state index contributed by atoms with van der Waals surface area (Å²) in [7, 11) is -3.59. The maximum atomic E-state index is 13.1. The van der Waals surface area contributed by atoms with Crippen LogP contribution in [-0.2, 0) is 14.8 Å². The van der Waals surface area contributed by atoms with Gasteiger partial charge in [0.1, 0.15) is 11.4 Å². The molecule has 0 bridgehead atoms. The molecule has 2 aliphatic heterocycles. The lowest BCUT2D eigenvalue weighted by molar-refractivity contribution is -0.00210. The number of para-hydroxylation sites is 1. The number of hydrogen-bond acceptors (Lipinski definition) is 5. The Bertz CT molecular complexity index is 1100. The number of hydrogen-bond donors (Lipinski definition) is 1. The largest absolute Gasteiger partial charge is 0.487 e. The van der Waals surface area contributed by atoms with Crippen molar-refractivity contribution >= 4 is 15.9 Å². The van der Waals surface area contributed by atoms with E-state index in [0.717, 1.165) is 43.4 Å². The molecule has 33 heavy (non-hydrogen) atoms. The number of rotatable bonds is 4. The van der Waals surface area contributed by atoms with Crippen molar-refractivity contribution in [2.45, 2.75) is 55.1 Å². The number of carbonyl (C=O) groups excluding carboxylic acids is 1. The third-order valence-electron chi connectivity index (χ3n) is 6.99. The van der Waals surface area contributed by atoms with Crippen molar-refractivity contribution in [3.05, 3.63) is 59.7 Å². The molecule has 1 N–H and O–H groups in total. The van der Waals surface area contributed by atoms with Crippen LogP contribution in [0.15, 0.2) is 53.4 Å². The quantitative estimate of drug-likeness (QED) is 0.737. The maximum Gasteiger partial charge on any atom is 0.251 e. The van der Waals surface area contributed by atoms with Crippen LogP contribution in [0.4, 0.5) is 0 Å². The Morgan fingerprint density at radius 1 is 0.970 bits per heavy atom. The number of nitrogens with one attached hydrogen (secondary N) is 1. The Labute approximate surface area is 195 Å². The third-order valence-corrected chi connectivity index (χ3v) is 8.90. The normalized spacial score (nSPS) is 22.8. The molecule has 8 heteroatoms. The van der Waals surface area contributed by atoms with E-state index < -0.39 is 10.0 Å². The first kappa shape index (κ1) is 22.4. The van der Waals surface area contributed by atoms with Crippen LogP contribution in [0.25, 0.3) is 0 Å². The highest BCUT2D eigenvalue weighted by atomic mass is 32.2. The fraction of sp³-hybridized carbons (Fsp3) is 0.480. The Morgan fingerprint density at radius 2 is 1.67 bits per heavy atom. The number of morpholine rings is 1. The van der Waals surface area contributed by atoms with Crippen LogP contribution < -0.4 is 10.1 Å². The van der Waals surface area contributed by atoms with E-state index in [4.69, 9.17) is 9.47 Å². The van der Waals surface area contributed by atoms with Crippen molar-refractivity contribution in [1.29, 1.82) is 0 Å². The van der Waals surface area contributed by atoms with Crippen molar-refractivity contribution in [2.75, 3.05) is 26.3 Å². The molecular weight excluding hydrogens is 440 g/mol. The van der Waals surface area contributed by atoms with Gasteiger partial charge >= 0.3 is 0 Å². The molecule has 1 amide bonds. The molecule has 3 aliphatic rings. The van der Waals surface area contributed by atoms with Crippen LogP contribution in [0.5, 0.6) is 5.75 Å². The third kappa shape index (κ3) is 4.52. The summed E-state index contributed by atoms with van der Waals surface area (Å²) in [5, 5.41) is 3.19. The lowest BCUT2D eigenvalue weighted by atomic mass is 9.77. The second-order valence-electron chi connectivity index (χ2n) is 9.15. The van der Waals surface area contributed by atoms with Crippen LogP contribution in [-0.4, -0.2) is 50.5 Å². The highest BCUT2D eigenvalue weighted by Crippen LogP contribution is 2.46. The zero-order valence-corrected chi connectivity index (χ0v) is 19.5. The molecule has 0 unspecified atom stereocenters. The summed E-state index contributed by atoms with van der Waals surface area (Å²) in [6.45, 7) is 1.48. The van der Waals surface area contributed by atoms with E-state index in [9.17, 15) is 13.2 Å². The van der Waals surface area contributed by atoms with E-state index in [1.54, 1.807) is 12.1 Å². The van der Waals surface area contributed by atoms with E-state index in [0.29, 0.717) is 31.9 Å². The predicted octanol–water partition coefficient (Wildman–Crippen LogP) is 3.66. The number of amides is 1. The van der Waals surface area contributed by atoms with Crippen molar-refractivity contribution in [3.8, 4) is 5.75 Å². The second-order valence-corrected chi connectivity index (χ2v) is 11.1. The maximum absolute atomic E-state index is 13.1. The van der Waals surface area contributed by atoms with Gasteiger partial charge < -0.3 is 14.8 Å². The number of benzene rings is 2. The molecule has 2 heterocycles. The molecule has 7 nitrogen and oxygen atoms in total. The summed E-state index contributed by atoms with van der Waals surface area (Å²) in [6, 6.07) is 14.0. The lowest BCUT2D eigenvalue weighted by Crippen LogP contribution is -2.46. The lowest BCUT2D eigenvalue weighted by Gasteiger charge is -2.44. The van der Waals surface area contributed by atoms with Gasteiger partial charge in [-0.25, -0.2) is 8.42 Å². The Kier molecular flexibility index (Phi) is 6.16. The van der Waals surface area contributed by atoms with Gasteiger partial charge in [0.05, 0.1) is 24.2 Å². The fourth-order valence-electron chi connectivity index (χ4n) is 5.21. The predicted molar refractivity (Wildman–Crippen MR) is 124 cm³/mol. The molecule has 2 aromatic rings. The summed E-state index contributed by atoms with van der Waals surface area (Å²) in [5.74, 6) is 0.640. The van der Waals surface area contributed by atoms with Gasteiger partial charge in [0.2, 0.25) is 10.0 Å². The van der Waals surface area contributed by atoms with Crippen LogP contribution in [0.3, 0.4) is 0 Å². The Hall–Kier alpha value is -2.42. The van der Waals surface area contributed by atoms with Crippen molar-refractivity contribution < 1.29 is 22.7 Å². The number of nitrogens with zero attached hydrogens (tertiary/aromatic N) is 1. The van der Waals surface area contributed by atoms with Crippen molar-refractivity contribution in [1.82, 2.24) is 9.62 Å². The minimum absolute atomic E-state index is 0.141. The highest BCUT2D eigenvalue weighted by molar-refractivity contribution is 7.89. The monoisotopic (exact) mass is 470 g/mol. The van der Waals surface area contributed by atoms with E-state index in [1.807, 2.05) is 24.3 Å². The fourth-order valence-corrected chi connectivity index (χ4v) is 6.61. The number of fused-ring (bicyclic) bond motifs is 1.